The first kappa shape index (κ1) is 16.3. The first-order valence-electron chi connectivity index (χ1n) is 9.24. The summed E-state index contributed by atoms with van der Waals surface area (Å²) in [5.41, 5.74) is 2.82. The van der Waals surface area contributed by atoms with E-state index in [-0.39, 0.29) is 12.6 Å². The molecule has 2 aromatic rings. The lowest BCUT2D eigenvalue weighted by atomic mass is 9.95. The molecule has 1 aromatic carbocycles. The molecular formula is C20H26N4O. The van der Waals surface area contributed by atoms with Gasteiger partial charge in [0.15, 0.2) is 0 Å². The van der Waals surface area contributed by atoms with Gasteiger partial charge in [-0.1, -0.05) is 24.3 Å². The van der Waals surface area contributed by atoms with Gasteiger partial charge in [0.2, 0.25) is 0 Å². The van der Waals surface area contributed by atoms with Crippen LogP contribution in [0.3, 0.4) is 0 Å². The van der Waals surface area contributed by atoms with Crippen molar-refractivity contribution in [3.63, 3.8) is 0 Å². The van der Waals surface area contributed by atoms with Gasteiger partial charge in [-0.2, -0.15) is 0 Å². The Morgan fingerprint density at radius 2 is 2.00 bits per heavy atom. The van der Waals surface area contributed by atoms with Crippen molar-refractivity contribution in [1.29, 1.82) is 0 Å². The van der Waals surface area contributed by atoms with Gasteiger partial charge >= 0.3 is 0 Å². The van der Waals surface area contributed by atoms with Crippen LogP contribution in [0.15, 0.2) is 30.3 Å². The first-order valence-corrected chi connectivity index (χ1v) is 9.24. The molecule has 2 heterocycles. The van der Waals surface area contributed by atoms with Crippen molar-refractivity contribution in [2.45, 2.75) is 57.7 Å². The number of hydrogen-bond donors (Lipinski definition) is 2. The highest BCUT2D eigenvalue weighted by molar-refractivity contribution is 5.53. The second kappa shape index (κ2) is 6.64. The van der Waals surface area contributed by atoms with Crippen molar-refractivity contribution in [2.75, 3.05) is 16.8 Å². The highest BCUT2D eigenvalue weighted by Crippen LogP contribution is 2.39. The van der Waals surface area contributed by atoms with Crippen LogP contribution in [-0.4, -0.2) is 33.8 Å². The predicted molar refractivity (Wildman–Crippen MR) is 100.0 cm³/mol. The van der Waals surface area contributed by atoms with Crippen LogP contribution in [0, 0.1) is 0 Å². The molecule has 2 atom stereocenters. The standard InChI is InChI=1S/C20H26N4O/c1-13(12-25)21-18-10-19(23-20(22-18)15-7-8-15)24-11-17-6-4-3-5-16(17)9-14(24)2/h3-6,10,13-15,25H,7-9,11-12H2,1-2H3,(H,21,22,23)/t13-,14+/m0/s1. The maximum atomic E-state index is 9.34. The number of anilines is 2. The molecule has 2 N–H and O–H groups in total. The first-order chi connectivity index (χ1) is 12.1. The van der Waals surface area contributed by atoms with Crippen molar-refractivity contribution >= 4 is 11.6 Å². The molecule has 0 saturated heterocycles. The summed E-state index contributed by atoms with van der Waals surface area (Å²) in [4.78, 5) is 12.0. The minimum Gasteiger partial charge on any atom is -0.394 e. The van der Waals surface area contributed by atoms with Crippen LogP contribution in [0.4, 0.5) is 11.6 Å². The van der Waals surface area contributed by atoms with Crippen LogP contribution in [0.25, 0.3) is 0 Å². The molecule has 5 heteroatoms. The van der Waals surface area contributed by atoms with E-state index in [4.69, 9.17) is 4.98 Å². The van der Waals surface area contributed by atoms with E-state index in [1.165, 1.54) is 24.0 Å². The van der Waals surface area contributed by atoms with E-state index in [1.807, 2.05) is 13.0 Å². The third-order valence-corrected chi connectivity index (χ3v) is 5.14. The third kappa shape index (κ3) is 3.47. The molecule has 0 bridgehead atoms. The van der Waals surface area contributed by atoms with Crippen LogP contribution < -0.4 is 10.2 Å². The van der Waals surface area contributed by atoms with Crippen LogP contribution >= 0.6 is 0 Å². The number of rotatable bonds is 5. The summed E-state index contributed by atoms with van der Waals surface area (Å²) in [5.74, 6) is 3.25. The molecule has 1 fully saturated rings. The minimum atomic E-state index is -0.0192. The monoisotopic (exact) mass is 338 g/mol. The lowest BCUT2D eigenvalue weighted by molar-refractivity contribution is 0.281. The van der Waals surface area contributed by atoms with Crippen molar-refractivity contribution < 1.29 is 5.11 Å². The van der Waals surface area contributed by atoms with Crippen LogP contribution in [0.1, 0.15) is 49.6 Å². The fourth-order valence-electron chi connectivity index (χ4n) is 3.48. The second-order valence-corrected chi connectivity index (χ2v) is 7.42. The summed E-state index contributed by atoms with van der Waals surface area (Å²) in [5, 5.41) is 12.6. The highest BCUT2D eigenvalue weighted by atomic mass is 16.3. The molecule has 1 aliphatic carbocycles. The van der Waals surface area contributed by atoms with E-state index in [9.17, 15) is 5.11 Å². The average molecular weight is 338 g/mol. The highest BCUT2D eigenvalue weighted by Gasteiger charge is 2.30. The number of fused-ring (bicyclic) bond motifs is 1. The number of hydrogen-bond acceptors (Lipinski definition) is 5. The molecule has 5 nitrogen and oxygen atoms in total. The van der Waals surface area contributed by atoms with E-state index in [0.29, 0.717) is 12.0 Å². The smallest absolute Gasteiger partial charge is 0.136 e. The van der Waals surface area contributed by atoms with E-state index >= 15 is 0 Å². The zero-order valence-electron chi connectivity index (χ0n) is 14.9. The average Bonchev–Trinajstić information content (AvgIpc) is 3.46. The van der Waals surface area contributed by atoms with E-state index in [0.717, 1.165) is 30.4 Å². The number of aromatic nitrogens is 2. The normalized spacial score (nSPS) is 20.9. The third-order valence-electron chi connectivity index (χ3n) is 5.14. The largest absolute Gasteiger partial charge is 0.394 e. The predicted octanol–water partition coefficient (Wildman–Crippen LogP) is 3.10. The molecule has 0 radical (unpaired) electrons. The lowest BCUT2D eigenvalue weighted by Crippen LogP contribution is -2.39. The molecule has 0 spiro atoms. The Kier molecular flexibility index (Phi) is 4.34. The Bertz CT molecular complexity index is 759. The quantitative estimate of drug-likeness (QED) is 0.877. The number of nitrogens with one attached hydrogen (secondary N) is 1. The maximum Gasteiger partial charge on any atom is 0.136 e. The van der Waals surface area contributed by atoms with Crippen molar-refractivity contribution in [3.8, 4) is 0 Å². The summed E-state index contributed by atoms with van der Waals surface area (Å²) in [6.45, 7) is 5.19. The lowest BCUT2D eigenvalue weighted by Gasteiger charge is -2.36. The van der Waals surface area contributed by atoms with Gasteiger partial charge in [0.05, 0.1) is 6.61 Å². The number of aliphatic hydroxyl groups excluding tert-OH is 1. The van der Waals surface area contributed by atoms with Gasteiger partial charge in [0, 0.05) is 30.6 Å². The van der Waals surface area contributed by atoms with Crippen LogP contribution in [-0.2, 0) is 13.0 Å². The Labute approximate surface area is 149 Å². The number of aliphatic hydroxyl groups is 1. The topological polar surface area (TPSA) is 61.3 Å². The molecule has 0 unspecified atom stereocenters. The second-order valence-electron chi connectivity index (χ2n) is 7.42. The summed E-state index contributed by atoms with van der Waals surface area (Å²) in [6, 6.07) is 11.1. The molecule has 4 rings (SSSR count). The zero-order chi connectivity index (χ0) is 17.4. The van der Waals surface area contributed by atoms with Gasteiger partial charge in [-0.05, 0) is 44.2 Å². The maximum absolute atomic E-state index is 9.34. The van der Waals surface area contributed by atoms with Crippen molar-refractivity contribution in [3.05, 3.63) is 47.3 Å². The van der Waals surface area contributed by atoms with E-state index < -0.39 is 0 Å². The molecule has 1 aliphatic heterocycles. The Balaban J connectivity index is 1.66. The fraction of sp³-hybridized carbons (Fsp3) is 0.500. The summed E-state index contributed by atoms with van der Waals surface area (Å²) in [6.07, 6.45) is 3.39. The van der Waals surface area contributed by atoms with Crippen molar-refractivity contribution in [1.82, 2.24) is 9.97 Å². The molecule has 1 aromatic heterocycles. The Hall–Kier alpha value is -2.14. The van der Waals surface area contributed by atoms with Gasteiger partial charge in [-0.15, -0.1) is 0 Å². The molecule has 1 saturated carbocycles. The van der Waals surface area contributed by atoms with Gasteiger partial charge in [0.1, 0.15) is 17.5 Å². The molecule has 0 amide bonds. The summed E-state index contributed by atoms with van der Waals surface area (Å²) < 4.78 is 0. The van der Waals surface area contributed by atoms with Crippen LogP contribution in [0.2, 0.25) is 0 Å². The number of benzene rings is 1. The van der Waals surface area contributed by atoms with E-state index in [1.54, 1.807) is 0 Å². The van der Waals surface area contributed by atoms with E-state index in [2.05, 4.69) is 46.4 Å². The molecule has 132 valence electrons. The minimum absolute atomic E-state index is 0.0192. The van der Waals surface area contributed by atoms with Gasteiger partial charge in [0.25, 0.3) is 0 Å². The van der Waals surface area contributed by atoms with Gasteiger partial charge in [-0.25, -0.2) is 9.97 Å². The molecule has 25 heavy (non-hydrogen) atoms. The zero-order valence-corrected chi connectivity index (χ0v) is 14.9. The van der Waals surface area contributed by atoms with Gasteiger partial charge < -0.3 is 15.3 Å². The summed E-state index contributed by atoms with van der Waals surface area (Å²) in [7, 11) is 0. The molecular weight excluding hydrogens is 312 g/mol. The fourth-order valence-corrected chi connectivity index (χ4v) is 3.48. The summed E-state index contributed by atoms with van der Waals surface area (Å²) >= 11 is 0. The SMILES string of the molecule is C[C@@H]1Cc2ccccc2CN1c1cc(N[C@@H](C)CO)nc(C2CC2)n1. The Morgan fingerprint density at radius 3 is 2.72 bits per heavy atom. The number of nitrogens with zero attached hydrogens (tertiary/aromatic N) is 3. The van der Waals surface area contributed by atoms with Crippen molar-refractivity contribution in [2.24, 2.45) is 0 Å². The Morgan fingerprint density at radius 1 is 1.24 bits per heavy atom. The van der Waals surface area contributed by atoms with Gasteiger partial charge in [-0.3, -0.25) is 0 Å². The van der Waals surface area contributed by atoms with Crippen LogP contribution in [0.5, 0.6) is 0 Å². The molecule has 2 aliphatic rings.